The molecule has 20 heavy (non-hydrogen) atoms. The van der Waals surface area contributed by atoms with Gasteiger partial charge in [-0.25, -0.2) is 0 Å². The zero-order chi connectivity index (χ0) is 14.8. The van der Waals surface area contributed by atoms with Gasteiger partial charge in [-0.15, -0.1) is 0 Å². The highest BCUT2D eigenvalue weighted by Crippen LogP contribution is 2.35. The van der Waals surface area contributed by atoms with E-state index in [1.165, 1.54) is 19.2 Å². The van der Waals surface area contributed by atoms with Crippen molar-refractivity contribution in [1.82, 2.24) is 4.98 Å². The number of carbonyl (C=O) groups excluding carboxylic acids is 1. The SMILES string of the molecule is COc1cccc(C(=O)c2cnccc2C(F)(F)Cl)c1. The zero-order valence-corrected chi connectivity index (χ0v) is 11.2. The average Bonchev–Trinajstić information content (AvgIpc) is 2.45. The molecule has 104 valence electrons. The molecule has 0 saturated heterocycles. The highest BCUT2D eigenvalue weighted by atomic mass is 35.5. The fourth-order valence-corrected chi connectivity index (χ4v) is 1.91. The Kier molecular flexibility index (Phi) is 3.99. The minimum atomic E-state index is -3.63. The maximum absolute atomic E-state index is 13.3. The number of aromatic nitrogens is 1. The molecule has 1 aromatic carbocycles. The van der Waals surface area contributed by atoms with Crippen LogP contribution in [-0.4, -0.2) is 17.9 Å². The van der Waals surface area contributed by atoms with Crippen LogP contribution in [0.4, 0.5) is 8.78 Å². The van der Waals surface area contributed by atoms with Crippen molar-refractivity contribution in [1.29, 1.82) is 0 Å². The van der Waals surface area contributed by atoms with Gasteiger partial charge in [0.15, 0.2) is 5.78 Å². The molecule has 0 spiro atoms. The first-order chi connectivity index (χ1) is 9.43. The summed E-state index contributed by atoms with van der Waals surface area (Å²) in [4.78, 5) is 16.0. The maximum atomic E-state index is 13.3. The van der Waals surface area contributed by atoms with Crippen molar-refractivity contribution in [3.63, 3.8) is 0 Å². The molecule has 0 radical (unpaired) electrons. The van der Waals surface area contributed by atoms with Gasteiger partial charge in [0, 0.05) is 18.0 Å². The van der Waals surface area contributed by atoms with Crippen molar-refractivity contribution >= 4 is 17.4 Å². The third kappa shape index (κ3) is 2.93. The molecule has 0 saturated carbocycles. The van der Waals surface area contributed by atoms with Crippen LogP contribution >= 0.6 is 11.6 Å². The Balaban J connectivity index is 2.48. The molecule has 2 rings (SSSR count). The van der Waals surface area contributed by atoms with Gasteiger partial charge in [0.2, 0.25) is 0 Å². The van der Waals surface area contributed by atoms with Crippen molar-refractivity contribution in [2.75, 3.05) is 7.11 Å². The van der Waals surface area contributed by atoms with Gasteiger partial charge in [0.05, 0.1) is 18.2 Å². The quantitative estimate of drug-likeness (QED) is 0.639. The second kappa shape index (κ2) is 5.54. The number of ether oxygens (including phenoxy) is 1. The number of halogens is 3. The second-order valence-corrected chi connectivity index (χ2v) is 4.45. The average molecular weight is 298 g/mol. The monoisotopic (exact) mass is 297 g/mol. The first-order valence-corrected chi connectivity index (χ1v) is 6.01. The van der Waals surface area contributed by atoms with Gasteiger partial charge in [0.1, 0.15) is 5.75 Å². The van der Waals surface area contributed by atoms with Crippen LogP contribution in [0.15, 0.2) is 42.7 Å². The molecule has 2 aromatic rings. The highest BCUT2D eigenvalue weighted by molar-refractivity contribution is 6.23. The molecule has 0 atom stereocenters. The summed E-state index contributed by atoms with van der Waals surface area (Å²) >= 11 is 5.02. The predicted octanol–water partition coefficient (Wildman–Crippen LogP) is 3.61. The second-order valence-electron chi connectivity index (χ2n) is 3.98. The Bertz CT molecular complexity index is 641. The topological polar surface area (TPSA) is 39.2 Å². The molecule has 6 heteroatoms. The molecule has 1 heterocycles. The van der Waals surface area contributed by atoms with Crippen LogP contribution in [0.3, 0.4) is 0 Å². The van der Waals surface area contributed by atoms with Gasteiger partial charge in [0.25, 0.3) is 0 Å². The van der Waals surface area contributed by atoms with Gasteiger partial charge in [-0.1, -0.05) is 12.1 Å². The predicted molar refractivity (Wildman–Crippen MR) is 70.4 cm³/mol. The molecule has 1 aromatic heterocycles. The van der Waals surface area contributed by atoms with Crippen LogP contribution in [-0.2, 0) is 5.38 Å². The summed E-state index contributed by atoms with van der Waals surface area (Å²) in [7, 11) is 1.45. The fourth-order valence-electron chi connectivity index (χ4n) is 1.74. The molecule has 3 nitrogen and oxygen atoms in total. The highest BCUT2D eigenvalue weighted by Gasteiger charge is 2.33. The standard InChI is InChI=1S/C14H10ClF2NO2/c1-20-10-4-2-3-9(7-10)13(19)11-8-18-6-5-12(11)14(15,16)17/h2-8H,1H3. The van der Waals surface area contributed by atoms with Gasteiger partial charge >= 0.3 is 5.38 Å². The number of hydrogen-bond acceptors (Lipinski definition) is 3. The number of hydrogen-bond donors (Lipinski definition) is 0. The number of pyridine rings is 1. The smallest absolute Gasteiger partial charge is 0.349 e. The molecule has 0 aliphatic rings. The van der Waals surface area contributed by atoms with E-state index >= 15 is 0 Å². The lowest BCUT2D eigenvalue weighted by Crippen LogP contribution is -2.13. The van der Waals surface area contributed by atoms with E-state index in [0.29, 0.717) is 5.75 Å². The summed E-state index contributed by atoms with van der Waals surface area (Å²) in [5.74, 6) is -0.133. The van der Waals surface area contributed by atoms with Gasteiger partial charge in [-0.3, -0.25) is 9.78 Å². The van der Waals surface area contributed by atoms with Gasteiger partial charge < -0.3 is 4.74 Å². The van der Waals surface area contributed by atoms with E-state index in [1.54, 1.807) is 12.1 Å². The summed E-state index contributed by atoms with van der Waals surface area (Å²) < 4.78 is 31.6. The van der Waals surface area contributed by atoms with Crippen LogP contribution in [0.1, 0.15) is 21.5 Å². The van der Waals surface area contributed by atoms with E-state index in [1.807, 2.05) is 0 Å². The molecular formula is C14H10ClF2NO2. The maximum Gasteiger partial charge on any atom is 0.349 e. The number of nitrogens with zero attached hydrogens (tertiary/aromatic N) is 1. The lowest BCUT2D eigenvalue weighted by atomic mass is 10.0. The fraction of sp³-hybridized carbons (Fsp3) is 0.143. The molecule has 0 fully saturated rings. The zero-order valence-electron chi connectivity index (χ0n) is 10.4. The lowest BCUT2D eigenvalue weighted by Gasteiger charge is -2.12. The van der Waals surface area contributed by atoms with Crippen LogP contribution in [0, 0.1) is 0 Å². The summed E-state index contributed by atoms with van der Waals surface area (Å²) in [6.07, 6.45) is 2.24. The third-order valence-corrected chi connectivity index (χ3v) is 2.91. The van der Waals surface area contributed by atoms with Gasteiger partial charge in [-0.2, -0.15) is 8.78 Å². The van der Waals surface area contributed by atoms with E-state index in [4.69, 9.17) is 16.3 Å². The Morgan fingerprint density at radius 3 is 2.75 bits per heavy atom. The minimum absolute atomic E-state index is 0.222. The molecule has 0 N–H and O–H groups in total. The van der Waals surface area contributed by atoms with Gasteiger partial charge in [-0.05, 0) is 29.8 Å². The van der Waals surface area contributed by atoms with Crippen LogP contribution < -0.4 is 4.74 Å². The Morgan fingerprint density at radius 2 is 2.10 bits per heavy atom. The van der Waals surface area contributed by atoms with E-state index < -0.39 is 16.7 Å². The lowest BCUT2D eigenvalue weighted by molar-refractivity contribution is 0.0895. The third-order valence-electron chi connectivity index (χ3n) is 2.70. The largest absolute Gasteiger partial charge is 0.497 e. The first-order valence-electron chi connectivity index (χ1n) is 5.63. The van der Waals surface area contributed by atoms with E-state index in [0.717, 1.165) is 18.5 Å². The van der Waals surface area contributed by atoms with E-state index in [9.17, 15) is 13.6 Å². The van der Waals surface area contributed by atoms with Crippen molar-refractivity contribution in [2.45, 2.75) is 5.38 Å². The summed E-state index contributed by atoms with van der Waals surface area (Å²) in [6, 6.07) is 7.25. The molecule has 0 aliphatic heterocycles. The van der Waals surface area contributed by atoms with Crippen molar-refractivity contribution < 1.29 is 18.3 Å². The van der Waals surface area contributed by atoms with Crippen molar-refractivity contribution in [3.05, 3.63) is 59.4 Å². The normalized spacial score (nSPS) is 11.2. The number of carbonyl (C=O) groups is 1. The number of methoxy groups -OCH3 is 1. The molecule has 0 aliphatic carbocycles. The first kappa shape index (κ1) is 14.4. The number of alkyl halides is 3. The van der Waals surface area contributed by atoms with Crippen LogP contribution in [0.5, 0.6) is 5.75 Å². The number of rotatable bonds is 4. The molecule has 0 unspecified atom stereocenters. The Hall–Kier alpha value is -2.01. The summed E-state index contributed by atoms with van der Waals surface area (Å²) in [6.45, 7) is 0. The number of ketones is 1. The number of benzene rings is 1. The van der Waals surface area contributed by atoms with Crippen LogP contribution in [0.2, 0.25) is 0 Å². The van der Waals surface area contributed by atoms with Crippen molar-refractivity contribution in [2.24, 2.45) is 0 Å². The molecule has 0 bridgehead atoms. The van der Waals surface area contributed by atoms with Crippen molar-refractivity contribution in [3.8, 4) is 5.75 Å². The Morgan fingerprint density at radius 1 is 1.35 bits per heavy atom. The van der Waals surface area contributed by atoms with E-state index in [2.05, 4.69) is 4.98 Å². The molecule has 0 amide bonds. The Labute approximate surface area is 119 Å². The van der Waals surface area contributed by atoms with E-state index in [-0.39, 0.29) is 11.1 Å². The summed E-state index contributed by atoms with van der Waals surface area (Å²) in [5, 5.41) is -3.63. The summed E-state index contributed by atoms with van der Waals surface area (Å²) in [5.41, 5.74) is -0.581. The molecular weight excluding hydrogens is 288 g/mol. The minimum Gasteiger partial charge on any atom is -0.497 e. The van der Waals surface area contributed by atoms with Crippen LogP contribution in [0.25, 0.3) is 0 Å².